The molecule has 3 aromatic carbocycles. The molecule has 9 nitrogen and oxygen atoms in total. The zero-order valence-corrected chi connectivity index (χ0v) is 22.7. The second kappa shape index (κ2) is 9.97. The molecule has 0 saturated carbocycles. The minimum Gasteiger partial charge on any atom is -0.497 e. The first kappa shape index (κ1) is 25.3. The fourth-order valence-corrected chi connectivity index (χ4v) is 6.21. The van der Waals surface area contributed by atoms with Crippen molar-refractivity contribution in [3.63, 3.8) is 0 Å². The molecule has 0 fully saturated rings. The smallest absolute Gasteiger partial charge is 0.271 e. The molecular formula is C30H24N4O5S. The highest BCUT2D eigenvalue weighted by molar-refractivity contribution is 7.07. The van der Waals surface area contributed by atoms with Crippen molar-refractivity contribution in [2.75, 3.05) is 24.9 Å². The van der Waals surface area contributed by atoms with Crippen molar-refractivity contribution in [1.82, 2.24) is 4.57 Å². The minimum absolute atomic E-state index is 0.246. The standard InChI is InChI=1S/C30H24N4O5S/c1-16-23(27(35)32-17-9-5-4-6-10-17)25(20-14-13-18(38-2)15-22(20)39-3)34-29(37)26(40-30(34)31-16)24-19-11-7-8-12-21(19)33-28(24)36/h4-15,25H,1-3H3,(H,32,35)(H,33,36)/b26-24+. The minimum atomic E-state index is -0.880. The summed E-state index contributed by atoms with van der Waals surface area (Å²) in [6, 6.07) is 20.6. The van der Waals surface area contributed by atoms with E-state index in [9.17, 15) is 14.4 Å². The van der Waals surface area contributed by atoms with E-state index in [0.717, 1.165) is 11.3 Å². The lowest BCUT2D eigenvalue weighted by atomic mass is 9.94. The van der Waals surface area contributed by atoms with E-state index < -0.39 is 17.5 Å². The Labute approximate surface area is 232 Å². The van der Waals surface area contributed by atoms with Crippen molar-refractivity contribution < 1.29 is 19.1 Å². The van der Waals surface area contributed by atoms with E-state index in [2.05, 4.69) is 15.6 Å². The average Bonchev–Trinajstić information content (AvgIpc) is 3.46. The molecule has 4 aromatic rings. The molecule has 0 radical (unpaired) electrons. The van der Waals surface area contributed by atoms with Gasteiger partial charge in [0.2, 0.25) is 0 Å². The molecule has 200 valence electrons. The van der Waals surface area contributed by atoms with Crippen molar-refractivity contribution >= 4 is 40.1 Å². The van der Waals surface area contributed by atoms with Crippen LogP contribution < -0.4 is 35.0 Å². The van der Waals surface area contributed by atoms with Crippen molar-refractivity contribution in [3.05, 3.63) is 115 Å². The van der Waals surface area contributed by atoms with Crippen LogP contribution in [0.3, 0.4) is 0 Å². The van der Waals surface area contributed by atoms with E-state index in [1.807, 2.05) is 30.3 Å². The van der Waals surface area contributed by atoms with Crippen LogP contribution >= 0.6 is 11.3 Å². The molecule has 2 N–H and O–H groups in total. The van der Waals surface area contributed by atoms with E-state index in [1.165, 1.54) is 11.7 Å². The van der Waals surface area contributed by atoms with Crippen molar-refractivity contribution in [2.24, 2.45) is 4.99 Å². The Morgan fingerprint density at radius 1 is 1.00 bits per heavy atom. The summed E-state index contributed by atoms with van der Waals surface area (Å²) < 4.78 is 12.8. The molecule has 1 atom stereocenters. The number of aromatic nitrogens is 1. The number of methoxy groups -OCH3 is 2. The van der Waals surface area contributed by atoms with E-state index in [4.69, 9.17) is 9.47 Å². The molecule has 40 heavy (non-hydrogen) atoms. The summed E-state index contributed by atoms with van der Waals surface area (Å²) in [6.45, 7) is 1.74. The number of amides is 2. The number of benzene rings is 3. The van der Waals surface area contributed by atoms with E-state index >= 15 is 0 Å². The predicted molar refractivity (Wildman–Crippen MR) is 152 cm³/mol. The number of hydrogen-bond acceptors (Lipinski definition) is 7. The number of carbonyl (C=O) groups is 2. The van der Waals surface area contributed by atoms with Crippen LogP contribution in [0, 0.1) is 0 Å². The first-order chi connectivity index (χ1) is 19.4. The first-order valence-corrected chi connectivity index (χ1v) is 13.3. The lowest BCUT2D eigenvalue weighted by Gasteiger charge is -2.26. The fraction of sp³-hybridized carbons (Fsp3) is 0.133. The number of rotatable bonds is 5. The third kappa shape index (κ3) is 4.09. The summed E-state index contributed by atoms with van der Waals surface area (Å²) in [4.78, 5) is 46.1. The summed E-state index contributed by atoms with van der Waals surface area (Å²) in [5, 5.41) is 5.76. The number of fused-ring (bicyclic) bond motifs is 2. The largest absolute Gasteiger partial charge is 0.497 e. The molecule has 10 heteroatoms. The highest BCUT2D eigenvalue weighted by Gasteiger charge is 2.36. The monoisotopic (exact) mass is 552 g/mol. The Balaban J connectivity index is 1.61. The Morgan fingerprint density at radius 2 is 1.75 bits per heavy atom. The molecule has 1 aromatic heterocycles. The molecule has 6 rings (SSSR count). The Hall–Kier alpha value is -4.96. The maximum atomic E-state index is 14.2. The van der Waals surface area contributed by atoms with Gasteiger partial charge in [0.15, 0.2) is 4.80 Å². The number of allylic oxidation sites excluding steroid dienone is 1. The Morgan fingerprint density at radius 3 is 2.50 bits per heavy atom. The van der Waals surface area contributed by atoms with E-state index in [-0.39, 0.29) is 21.6 Å². The van der Waals surface area contributed by atoms with Gasteiger partial charge in [-0.3, -0.25) is 19.0 Å². The lowest BCUT2D eigenvalue weighted by molar-refractivity contribution is -0.113. The summed E-state index contributed by atoms with van der Waals surface area (Å²) >= 11 is 1.12. The first-order valence-electron chi connectivity index (χ1n) is 12.5. The normalized spacial score (nSPS) is 17.0. The van der Waals surface area contributed by atoms with Crippen LogP contribution in [-0.4, -0.2) is 30.6 Å². The average molecular weight is 553 g/mol. The van der Waals surface area contributed by atoms with Crippen LogP contribution in [-0.2, 0) is 9.59 Å². The second-order valence-electron chi connectivity index (χ2n) is 9.21. The molecule has 0 aliphatic carbocycles. The van der Waals surface area contributed by atoms with Crippen LogP contribution in [0.15, 0.2) is 93.9 Å². The number of nitrogens with one attached hydrogen (secondary N) is 2. The van der Waals surface area contributed by atoms with Gasteiger partial charge < -0.3 is 20.1 Å². The number of para-hydroxylation sites is 2. The van der Waals surface area contributed by atoms with Gasteiger partial charge in [-0.25, -0.2) is 4.99 Å². The van der Waals surface area contributed by atoms with Gasteiger partial charge in [0.1, 0.15) is 22.1 Å². The third-order valence-corrected chi connectivity index (χ3v) is 7.96. The van der Waals surface area contributed by atoms with Gasteiger partial charge in [0.25, 0.3) is 17.4 Å². The predicted octanol–water partition coefficient (Wildman–Crippen LogP) is 3.21. The molecule has 3 heterocycles. The summed E-state index contributed by atoms with van der Waals surface area (Å²) in [5.41, 5.74) is 3.06. The third-order valence-electron chi connectivity index (χ3n) is 6.91. The number of thiazole rings is 1. The Kier molecular flexibility index (Phi) is 6.31. The molecule has 2 amide bonds. The van der Waals surface area contributed by atoms with Crippen LogP contribution in [0.2, 0.25) is 0 Å². The van der Waals surface area contributed by atoms with Crippen LogP contribution in [0.25, 0.3) is 5.57 Å². The molecule has 0 saturated heterocycles. The van der Waals surface area contributed by atoms with Gasteiger partial charge in [-0.15, -0.1) is 0 Å². The highest BCUT2D eigenvalue weighted by Crippen LogP contribution is 2.38. The van der Waals surface area contributed by atoms with Gasteiger partial charge >= 0.3 is 0 Å². The molecule has 0 spiro atoms. The van der Waals surface area contributed by atoms with Crippen LogP contribution in [0.1, 0.15) is 24.1 Å². The molecule has 2 aliphatic rings. The van der Waals surface area contributed by atoms with Gasteiger partial charge in [-0.05, 0) is 37.3 Å². The molecule has 2 aliphatic heterocycles. The van der Waals surface area contributed by atoms with Gasteiger partial charge in [0, 0.05) is 28.6 Å². The number of carbonyl (C=O) groups excluding carboxylic acids is 2. The summed E-state index contributed by atoms with van der Waals surface area (Å²) in [7, 11) is 3.07. The molecular weight excluding hydrogens is 528 g/mol. The summed E-state index contributed by atoms with van der Waals surface area (Å²) in [6.07, 6.45) is 0. The number of ether oxygens (including phenoxy) is 2. The Bertz CT molecular complexity index is 1910. The van der Waals surface area contributed by atoms with Crippen molar-refractivity contribution in [1.29, 1.82) is 0 Å². The second-order valence-corrected chi connectivity index (χ2v) is 10.2. The van der Waals surface area contributed by atoms with E-state index in [1.54, 1.807) is 56.5 Å². The topological polar surface area (TPSA) is 111 Å². The van der Waals surface area contributed by atoms with Crippen LogP contribution in [0.5, 0.6) is 11.5 Å². The zero-order valence-electron chi connectivity index (χ0n) is 21.8. The van der Waals surface area contributed by atoms with E-state index in [0.29, 0.717) is 44.5 Å². The molecule has 1 unspecified atom stereocenters. The highest BCUT2D eigenvalue weighted by atomic mass is 32.1. The van der Waals surface area contributed by atoms with Gasteiger partial charge in [-0.2, -0.15) is 0 Å². The lowest BCUT2D eigenvalue weighted by Crippen LogP contribution is -2.41. The van der Waals surface area contributed by atoms with Crippen molar-refractivity contribution in [3.8, 4) is 11.5 Å². The maximum Gasteiger partial charge on any atom is 0.271 e. The van der Waals surface area contributed by atoms with Crippen molar-refractivity contribution in [2.45, 2.75) is 13.0 Å². The fourth-order valence-electron chi connectivity index (χ4n) is 5.06. The maximum absolute atomic E-state index is 14.2. The quantitative estimate of drug-likeness (QED) is 0.395. The zero-order chi connectivity index (χ0) is 28.0. The number of nitrogens with zero attached hydrogens (tertiary/aromatic N) is 2. The number of hydrogen-bond donors (Lipinski definition) is 2. The van der Waals surface area contributed by atoms with Gasteiger partial charge in [0.05, 0.1) is 31.1 Å². The SMILES string of the molecule is COc1ccc(C2C(C(=O)Nc3ccccc3)=C(C)N=c3s/c(=C4/C(=O)Nc5ccccc54)c(=O)n32)c(OC)c1. The summed E-state index contributed by atoms with van der Waals surface area (Å²) in [5.74, 6) is 0.233. The molecule has 0 bridgehead atoms. The number of anilines is 2. The van der Waals surface area contributed by atoms with Gasteiger partial charge in [-0.1, -0.05) is 47.7 Å². The van der Waals surface area contributed by atoms with Crippen LogP contribution in [0.4, 0.5) is 11.4 Å².